The number of hydrogen-bond donors (Lipinski definition) is 2. The standard InChI is InChI=1S/C36H36N8O4/c1-25-9-7-17-41-35(25)27-11-3-5-13-29(27)43(23-31-37-19-20-38-31)47-33(45)15-16-34(46)48-44(24-32-39-21-22-40-32)30-14-6-4-12-28(30)36-26(2)10-8-18-42-36/h3-18H,19-24H2,1-2H3,(H,37,38)(H,39,40)/b16-15+. The van der Waals surface area contributed by atoms with E-state index in [-0.39, 0.29) is 13.1 Å². The average Bonchev–Trinajstić information content (AvgIpc) is 3.82. The van der Waals surface area contributed by atoms with E-state index in [9.17, 15) is 9.59 Å². The third-order valence-electron chi connectivity index (χ3n) is 7.70. The van der Waals surface area contributed by atoms with Crippen molar-refractivity contribution in [3.8, 4) is 22.5 Å². The number of hydrogen-bond acceptors (Lipinski definition) is 12. The van der Waals surface area contributed by atoms with Crippen molar-refractivity contribution < 1.29 is 19.3 Å². The Labute approximate surface area is 278 Å². The van der Waals surface area contributed by atoms with Gasteiger partial charge in [0.1, 0.15) is 24.8 Å². The summed E-state index contributed by atoms with van der Waals surface area (Å²) in [5.41, 5.74) is 6.28. The van der Waals surface area contributed by atoms with Crippen molar-refractivity contribution in [2.45, 2.75) is 13.8 Å². The maximum Gasteiger partial charge on any atom is 0.356 e. The zero-order valence-corrected chi connectivity index (χ0v) is 26.8. The molecule has 2 aromatic carbocycles. The van der Waals surface area contributed by atoms with Crippen molar-refractivity contribution >= 4 is 35.0 Å². The second-order valence-electron chi connectivity index (χ2n) is 11.1. The van der Waals surface area contributed by atoms with Crippen LogP contribution in [0.2, 0.25) is 0 Å². The summed E-state index contributed by atoms with van der Waals surface area (Å²) in [6.07, 6.45) is 5.54. The Morgan fingerprint density at radius 2 is 1.10 bits per heavy atom. The molecule has 4 aromatic rings. The Balaban J connectivity index is 1.23. The minimum Gasteiger partial charge on any atom is -0.370 e. The molecule has 0 fully saturated rings. The van der Waals surface area contributed by atoms with Gasteiger partial charge < -0.3 is 20.3 Å². The van der Waals surface area contributed by atoms with E-state index < -0.39 is 11.9 Å². The minimum atomic E-state index is -0.768. The monoisotopic (exact) mass is 644 g/mol. The number of hydroxylamine groups is 2. The molecule has 2 aliphatic heterocycles. The van der Waals surface area contributed by atoms with Gasteiger partial charge in [-0.1, -0.05) is 48.5 Å². The number of aromatic nitrogens is 2. The molecule has 0 saturated carbocycles. The molecule has 6 rings (SSSR count). The van der Waals surface area contributed by atoms with Crippen LogP contribution >= 0.6 is 0 Å². The summed E-state index contributed by atoms with van der Waals surface area (Å²) in [5.74, 6) is -0.175. The second-order valence-corrected chi connectivity index (χ2v) is 11.1. The third-order valence-corrected chi connectivity index (χ3v) is 7.70. The van der Waals surface area contributed by atoms with E-state index in [1.165, 1.54) is 10.1 Å². The van der Waals surface area contributed by atoms with Crippen LogP contribution in [0.1, 0.15) is 11.1 Å². The number of pyridine rings is 2. The van der Waals surface area contributed by atoms with Gasteiger partial charge in [-0.2, -0.15) is 10.1 Å². The number of rotatable bonds is 12. The molecule has 0 spiro atoms. The summed E-state index contributed by atoms with van der Waals surface area (Å²) in [4.78, 5) is 56.3. The average molecular weight is 645 g/mol. The summed E-state index contributed by atoms with van der Waals surface area (Å²) in [5, 5.41) is 9.36. The molecule has 2 N–H and O–H groups in total. The first kappa shape index (κ1) is 31.9. The highest BCUT2D eigenvalue weighted by Gasteiger charge is 2.23. The molecule has 244 valence electrons. The SMILES string of the molecule is Cc1cccnc1-c1ccccc1N(CC1=NCCN1)OC(=O)/C=C/C(=O)ON(CC1=NCCN1)c1ccccc1-c1ncccc1C. The van der Waals surface area contributed by atoms with Gasteiger partial charge in [0, 0.05) is 48.8 Å². The van der Waals surface area contributed by atoms with Crippen LogP contribution in [0, 0.1) is 13.8 Å². The molecule has 0 radical (unpaired) electrons. The molecule has 12 nitrogen and oxygen atoms in total. The zero-order chi connectivity index (χ0) is 33.3. The maximum absolute atomic E-state index is 13.2. The molecule has 0 amide bonds. The lowest BCUT2D eigenvalue weighted by atomic mass is 10.0. The zero-order valence-electron chi connectivity index (χ0n) is 26.8. The van der Waals surface area contributed by atoms with Gasteiger partial charge in [0.2, 0.25) is 0 Å². The number of benzene rings is 2. The van der Waals surface area contributed by atoms with Crippen molar-refractivity contribution in [3.63, 3.8) is 0 Å². The van der Waals surface area contributed by atoms with Gasteiger partial charge in [-0.15, -0.1) is 0 Å². The van der Waals surface area contributed by atoms with Gasteiger partial charge in [0.15, 0.2) is 0 Å². The van der Waals surface area contributed by atoms with Crippen LogP contribution in [0.3, 0.4) is 0 Å². The topological polar surface area (TPSA) is 134 Å². The number of nitrogens with one attached hydrogen (secondary N) is 2. The smallest absolute Gasteiger partial charge is 0.356 e. The third kappa shape index (κ3) is 7.66. The van der Waals surface area contributed by atoms with Crippen LogP contribution in [0.5, 0.6) is 0 Å². The molecule has 2 aromatic heterocycles. The number of para-hydroxylation sites is 2. The highest BCUT2D eigenvalue weighted by molar-refractivity contribution is 5.95. The van der Waals surface area contributed by atoms with Gasteiger partial charge in [0.25, 0.3) is 0 Å². The molecule has 48 heavy (non-hydrogen) atoms. The largest absolute Gasteiger partial charge is 0.370 e. The van der Waals surface area contributed by atoms with Crippen LogP contribution in [-0.2, 0) is 19.3 Å². The van der Waals surface area contributed by atoms with Gasteiger partial charge in [0.05, 0.1) is 35.9 Å². The molecule has 0 atom stereocenters. The molecular formula is C36H36N8O4. The van der Waals surface area contributed by atoms with E-state index in [1.54, 1.807) is 12.4 Å². The van der Waals surface area contributed by atoms with Gasteiger partial charge in [-0.05, 0) is 49.2 Å². The lowest BCUT2D eigenvalue weighted by molar-refractivity contribution is -0.141. The number of carbonyl (C=O) groups is 2. The molecule has 0 aliphatic carbocycles. The molecular weight excluding hydrogens is 608 g/mol. The normalized spacial score (nSPS) is 13.7. The second kappa shape index (κ2) is 15.0. The van der Waals surface area contributed by atoms with Crippen LogP contribution in [0.25, 0.3) is 22.5 Å². The van der Waals surface area contributed by atoms with Crippen molar-refractivity contribution in [1.29, 1.82) is 0 Å². The molecule has 0 bridgehead atoms. The first-order valence-electron chi connectivity index (χ1n) is 15.7. The summed E-state index contributed by atoms with van der Waals surface area (Å²) in [7, 11) is 0. The number of nitrogens with zero attached hydrogens (tertiary/aromatic N) is 6. The Morgan fingerprint density at radius 1 is 0.667 bits per heavy atom. The summed E-state index contributed by atoms with van der Waals surface area (Å²) in [6.45, 7) is 6.97. The van der Waals surface area contributed by atoms with E-state index in [0.717, 1.165) is 45.8 Å². The summed E-state index contributed by atoms with van der Waals surface area (Å²) >= 11 is 0. The highest BCUT2D eigenvalue weighted by atomic mass is 16.7. The molecule has 4 heterocycles. The predicted octanol–water partition coefficient (Wildman–Crippen LogP) is 4.22. The van der Waals surface area contributed by atoms with Crippen LogP contribution in [-0.4, -0.2) is 72.8 Å². The quantitative estimate of drug-likeness (QED) is 0.171. The summed E-state index contributed by atoms with van der Waals surface area (Å²) < 4.78 is 0. The Morgan fingerprint density at radius 3 is 1.50 bits per heavy atom. The first-order valence-corrected chi connectivity index (χ1v) is 15.7. The van der Waals surface area contributed by atoms with Crippen LogP contribution < -0.4 is 20.8 Å². The number of amidine groups is 2. The van der Waals surface area contributed by atoms with Crippen LogP contribution in [0.15, 0.2) is 107 Å². The number of anilines is 2. The lowest BCUT2D eigenvalue weighted by Crippen LogP contribution is -2.37. The minimum absolute atomic E-state index is 0.180. The lowest BCUT2D eigenvalue weighted by Gasteiger charge is -2.25. The van der Waals surface area contributed by atoms with Crippen molar-refractivity contribution in [2.75, 3.05) is 49.4 Å². The Bertz CT molecular complexity index is 1750. The van der Waals surface area contributed by atoms with E-state index in [2.05, 4.69) is 30.6 Å². The molecule has 0 saturated heterocycles. The van der Waals surface area contributed by atoms with Crippen molar-refractivity contribution in [1.82, 2.24) is 20.6 Å². The molecule has 12 heteroatoms. The van der Waals surface area contributed by atoms with E-state index in [4.69, 9.17) is 9.68 Å². The van der Waals surface area contributed by atoms with E-state index in [1.807, 2.05) is 86.6 Å². The van der Waals surface area contributed by atoms with Gasteiger partial charge >= 0.3 is 11.9 Å². The maximum atomic E-state index is 13.2. The van der Waals surface area contributed by atoms with E-state index in [0.29, 0.717) is 49.2 Å². The Hall–Kier alpha value is -6.04. The van der Waals surface area contributed by atoms with Crippen molar-refractivity contribution in [3.05, 3.63) is 108 Å². The van der Waals surface area contributed by atoms with Crippen molar-refractivity contribution in [2.24, 2.45) is 9.98 Å². The molecule has 2 aliphatic rings. The van der Waals surface area contributed by atoms with E-state index >= 15 is 0 Å². The fraction of sp³-hybridized carbons (Fsp3) is 0.222. The summed E-state index contributed by atoms with van der Waals surface area (Å²) in [6, 6.07) is 22.8. The van der Waals surface area contributed by atoms with Gasteiger partial charge in [-0.3, -0.25) is 20.0 Å². The highest BCUT2D eigenvalue weighted by Crippen LogP contribution is 2.33. The van der Waals surface area contributed by atoms with Gasteiger partial charge in [-0.25, -0.2) is 9.59 Å². The number of aryl methyl sites for hydroxylation is 2. The number of aliphatic imine (C=N–C) groups is 2. The van der Waals surface area contributed by atoms with Crippen LogP contribution in [0.4, 0.5) is 11.4 Å². The predicted molar refractivity (Wildman–Crippen MR) is 185 cm³/mol. The fourth-order valence-corrected chi connectivity index (χ4v) is 5.44. The number of carbonyl (C=O) groups excluding carboxylic acids is 2. The Kier molecular flexibility index (Phi) is 10.00. The fourth-order valence-electron chi connectivity index (χ4n) is 5.44. The molecule has 0 unspecified atom stereocenters. The first-order chi connectivity index (χ1) is 23.5.